The first-order valence-electron chi connectivity index (χ1n) is 5.48. The highest BCUT2D eigenvalue weighted by atomic mass is 35.5. The lowest BCUT2D eigenvalue weighted by molar-refractivity contribution is 0.0492. The number of ether oxygens (including phenoxy) is 1. The van der Waals surface area contributed by atoms with Gasteiger partial charge in [0.25, 0.3) is 0 Å². The van der Waals surface area contributed by atoms with Gasteiger partial charge in [-0.05, 0) is 39.1 Å². The second-order valence-corrected chi connectivity index (χ2v) is 4.11. The molecule has 0 atom stereocenters. The minimum atomic E-state index is -0.225. The standard InChI is InChI=1S/C13H19NO2.ClH/c1-11-7-4-5-8-12(11)13(15)16-10-6-9-14(2)3;/h4-5,7-8H,6,9-10H2,1-3H3;1H. The maximum absolute atomic E-state index is 11.7. The van der Waals surface area contributed by atoms with E-state index in [1.54, 1.807) is 6.07 Å². The van der Waals surface area contributed by atoms with Crippen molar-refractivity contribution >= 4 is 18.4 Å². The fourth-order valence-electron chi connectivity index (χ4n) is 1.43. The Morgan fingerprint density at radius 2 is 1.94 bits per heavy atom. The van der Waals surface area contributed by atoms with Crippen LogP contribution in [-0.2, 0) is 4.74 Å². The molecule has 0 saturated carbocycles. The zero-order valence-electron chi connectivity index (χ0n) is 10.6. The van der Waals surface area contributed by atoms with Crippen LogP contribution in [0.4, 0.5) is 0 Å². The molecule has 3 nitrogen and oxygen atoms in total. The average molecular weight is 258 g/mol. The molecule has 0 amide bonds. The topological polar surface area (TPSA) is 29.5 Å². The summed E-state index contributed by atoms with van der Waals surface area (Å²) >= 11 is 0. The molecular formula is C13H20ClNO2. The van der Waals surface area contributed by atoms with Crippen molar-refractivity contribution in [3.8, 4) is 0 Å². The third-order valence-electron chi connectivity index (χ3n) is 2.35. The first-order chi connectivity index (χ1) is 7.61. The summed E-state index contributed by atoms with van der Waals surface area (Å²) in [6.07, 6.45) is 0.866. The van der Waals surface area contributed by atoms with Crippen LogP contribution in [0.1, 0.15) is 22.3 Å². The van der Waals surface area contributed by atoms with Gasteiger partial charge in [-0.3, -0.25) is 0 Å². The van der Waals surface area contributed by atoms with Gasteiger partial charge in [-0.2, -0.15) is 0 Å². The molecule has 1 aromatic rings. The summed E-state index contributed by atoms with van der Waals surface area (Å²) in [7, 11) is 4.01. The first-order valence-corrected chi connectivity index (χ1v) is 5.48. The van der Waals surface area contributed by atoms with Crippen LogP contribution < -0.4 is 0 Å². The molecule has 0 aliphatic heterocycles. The number of esters is 1. The van der Waals surface area contributed by atoms with E-state index in [0.717, 1.165) is 18.5 Å². The Morgan fingerprint density at radius 3 is 2.53 bits per heavy atom. The van der Waals surface area contributed by atoms with Crippen LogP contribution in [0.5, 0.6) is 0 Å². The van der Waals surface area contributed by atoms with E-state index < -0.39 is 0 Å². The van der Waals surface area contributed by atoms with Crippen molar-refractivity contribution in [2.75, 3.05) is 27.2 Å². The van der Waals surface area contributed by atoms with Gasteiger partial charge in [0.2, 0.25) is 0 Å². The smallest absolute Gasteiger partial charge is 0.338 e. The summed E-state index contributed by atoms with van der Waals surface area (Å²) in [5.74, 6) is -0.225. The quantitative estimate of drug-likeness (QED) is 0.600. The molecule has 0 aromatic heterocycles. The van der Waals surface area contributed by atoms with Crippen molar-refractivity contribution in [2.45, 2.75) is 13.3 Å². The van der Waals surface area contributed by atoms with Crippen LogP contribution in [0.2, 0.25) is 0 Å². The molecule has 1 rings (SSSR count). The van der Waals surface area contributed by atoms with Gasteiger partial charge in [-0.25, -0.2) is 4.79 Å². The number of hydrogen-bond donors (Lipinski definition) is 0. The number of rotatable bonds is 5. The molecule has 0 bridgehead atoms. The lowest BCUT2D eigenvalue weighted by atomic mass is 10.1. The van der Waals surface area contributed by atoms with Crippen molar-refractivity contribution in [1.29, 1.82) is 0 Å². The van der Waals surface area contributed by atoms with Crippen LogP contribution in [0, 0.1) is 6.92 Å². The minimum absolute atomic E-state index is 0. The van der Waals surface area contributed by atoms with Gasteiger partial charge < -0.3 is 9.64 Å². The Labute approximate surface area is 109 Å². The monoisotopic (exact) mass is 257 g/mol. The largest absolute Gasteiger partial charge is 0.462 e. The molecule has 4 heteroatoms. The van der Waals surface area contributed by atoms with Crippen molar-refractivity contribution in [3.05, 3.63) is 35.4 Å². The van der Waals surface area contributed by atoms with Crippen molar-refractivity contribution in [2.24, 2.45) is 0 Å². The average Bonchev–Trinajstić information content (AvgIpc) is 2.24. The Kier molecular flexibility index (Phi) is 7.59. The number of halogens is 1. The van der Waals surface area contributed by atoms with Crippen LogP contribution >= 0.6 is 12.4 Å². The Morgan fingerprint density at radius 1 is 1.29 bits per heavy atom. The molecule has 0 heterocycles. The van der Waals surface area contributed by atoms with Gasteiger partial charge in [-0.1, -0.05) is 18.2 Å². The van der Waals surface area contributed by atoms with Crippen molar-refractivity contribution in [1.82, 2.24) is 4.90 Å². The Balaban J connectivity index is 0.00000256. The Bertz CT molecular complexity index is 353. The van der Waals surface area contributed by atoms with Gasteiger partial charge in [0.05, 0.1) is 12.2 Å². The summed E-state index contributed by atoms with van der Waals surface area (Å²) in [5, 5.41) is 0. The van der Waals surface area contributed by atoms with Crippen molar-refractivity contribution in [3.63, 3.8) is 0 Å². The van der Waals surface area contributed by atoms with Gasteiger partial charge >= 0.3 is 5.97 Å². The second kappa shape index (κ2) is 8.09. The van der Waals surface area contributed by atoms with Gasteiger partial charge in [0.1, 0.15) is 0 Å². The van der Waals surface area contributed by atoms with Crippen LogP contribution in [0.3, 0.4) is 0 Å². The molecule has 96 valence electrons. The predicted molar refractivity (Wildman–Crippen MR) is 71.9 cm³/mol. The third kappa shape index (κ3) is 5.71. The normalized spacial score (nSPS) is 9.88. The molecule has 0 saturated heterocycles. The van der Waals surface area contributed by atoms with E-state index >= 15 is 0 Å². The minimum Gasteiger partial charge on any atom is -0.462 e. The van der Waals surface area contributed by atoms with Crippen LogP contribution in [0.25, 0.3) is 0 Å². The maximum Gasteiger partial charge on any atom is 0.338 e. The fourth-order valence-corrected chi connectivity index (χ4v) is 1.43. The van der Waals surface area contributed by atoms with E-state index in [9.17, 15) is 4.79 Å². The lowest BCUT2D eigenvalue weighted by Gasteiger charge is -2.10. The van der Waals surface area contributed by atoms with E-state index in [2.05, 4.69) is 4.90 Å². The third-order valence-corrected chi connectivity index (χ3v) is 2.35. The maximum atomic E-state index is 11.7. The molecule has 0 spiro atoms. The van der Waals surface area contributed by atoms with Crippen molar-refractivity contribution < 1.29 is 9.53 Å². The molecule has 0 fully saturated rings. The number of hydrogen-bond acceptors (Lipinski definition) is 3. The molecule has 0 unspecified atom stereocenters. The molecule has 0 radical (unpaired) electrons. The number of carbonyl (C=O) groups excluding carboxylic acids is 1. The zero-order valence-corrected chi connectivity index (χ0v) is 11.4. The Hall–Kier alpha value is -1.06. The van der Waals surface area contributed by atoms with E-state index in [0.29, 0.717) is 12.2 Å². The highest BCUT2D eigenvalue weighted by Crippen LogP contribution is 2.08. The highest BCUT2D eigenvalue weighted by molar-refractivity contribution is 5.90. The fraction of sp³-hybridized carbons (Fsp3) is 0.462. The number of carbonyl (C=O) groups is 1. The summed E-state index contributed by atoms with van der Waals surface area (Å²) < 4.78 is 5.19. The summed E-state index contributed by atoms with van der Waals surface area (Å²) in [6, 6.07) is 7.47. The predicted octanol–water partition coefficient (Wildman–Crippen LogP) is 2.53. The summed E-state index contributed by atoms with van der Waals surface area (Å²) in [4.78, 5) is 13.7. The van der Waals surface area contributed by atoms with Crippen LogP contribution in [-0.4, -0.2) is 38.1 Å². The highest BCUT2D eigenvalue weighted by Gasteiger charge is 2.08. The van der Waals surface area contributed by atoms with Gasteiger partial charge in [-0.15, -0.1) is 12.4 Å². The molecular weight excluding hydrogens is 238 g/mol. The van der Waals surface area contributed by atoms with E-state index in [1.807, 2.05) is 39.2 Å². The van der Waals surface area contributed by atoms with E-state index in [4.69, 9.17) is 4.74 Å². The number of aryl methyl sites for hydroxylation is 1. The molecule has 0 N–H and O–H groups in total. The number of benzene rings is 1. The summed E-state index contributed by atoms with van der Waals surface area (Å²) in [5.41, 5.74) is 1.62. The van der Waals surface area contributed by atoms with E-state index in [1.165, 1.54) is 0 Å². The second-order valence-electron chi connectivity index (χ2n) is 4.11. The molecule has 0 aliphatic carbocycles. The number of nitrogens with zero attached hydrogens (tertiary/aromatic N) is 1. The SMILES string of the molecule is Cc1ccccc1C(=O)OCCCN(C)C.Cl. The van der Waals surface area contributed by atoms with E-state index in [-0.39, 0.29) is 18.4 Å². The molecule has 17 heavy (non-hydrogen) atoms. The van der Waals surface area contributed by atoms with Gasteiger partial charge in [0, 0.05) is 6.54 Å². The van der Waals surface area contributed by atoms with Gasteiger partial charge in [0.15, 0.2) is 0 Å². The molecule has 0 aliphatic rings. The lowest BCUT2D eigenvalue weighted by Crippen LogP contribution is -2.16. The van der Waals surface area contributed by atoms with Crippen LogP contribution in [0.15, 0.2) is 24.3 Å². The molecule has 1 aromatic carbocycles. The zero-order chi connectivity index (χ0) is 12.0. The first kappa shape index (κ1) is 15.9. The summed E-state index contributed by atoms with van der Waals surface area (Å²) in [6.45, 7) is 3.32.